The van der Waals surface area contributed by atoms with Gasteiger partial charge in [0.25, 0.3) is 0 Å². The molecule has 4 heterocycles. The number of nitrogens with zero attached hydrogens (tertiary/aromatic N) is 6. The predicted molar refractivity (Wildman–Crippen MR) is 137 cm³/mol. The first-order valence-electron chi connectivity index (χ1n) is 12.1. The predicted octanol–water partition coefficient (Wildman–Crippen LogP) is 5.60. The first-order chi connectivity index (χ1) is 17.3. The second kappa shape index (κ2) is 9.73. The molecule has 36 heavy (non-hydrogen) atoms. The van der Waals surface area contributed by atoms with E-state index in [0.717, 1.165) is 37.7 Å². The fourth-order valence-corrected chi connectivity index (χ4v) is 4.64. The highest BCUT2D eigenvalue weighted by Crippen LogP contribution is 2.30. The third-order valence-electron chi connectivity index (χ3n) is 6.46. The summed E-state index contributed by atoms with van der Waals surface area (Å²) in [6.07, 6.45) is 7.12. The molecule has 5 rings (SSSR count). The fourth-order valence-electron chi connectivity index (χ4n) is 4.64. The molecule has 1 N–H and O–H groups in total. The Bertz CT molecular complexity index is 1440. The van der Waals surface area contributed by atoms with Crippen LogP contribution in [-0.4, -0.2) is 49.5 Å². The summed E-state index contributed by atoms with van der Waals surface area (Å²) in [5.74, 6) is 0.265. The van der Waals surface area contributed by atoms with Gasteiger partial charge in [0, 0.05) is 30.9 Å². The van der Waals surface area contributed by atoms with E-state index in [0.29, 0.717) is 22.7 Å². The second-order valence-corrected chi connectivity index (χ2v) is 9.57. The molecular formula is C27H29F2N7. The molecule has 0 spiro atoms. The number of aromatic nitrogens is 5. The highest BCUT2D eigenvalue weighted by molar-refractivity contribution is 5.83. The normalized spacial score (nSPS) is 14.5. The van der Waals surface area contributed by atoms with Crippen molar-refractivity contribution in [3.05, 3.63) is 71.3 Å². The average Bonchev–Trinajstić information content (AvgIpc) is 3.19. The van der Waals surface area contributed by atoms with Gasteiger partial charge in [0.2, 0.25) is 5.95 Å². The van der Waals surface area contributed by atoms with Gasteiger partial charge in [0.05, 0.1) is 11.7 Å². The van der Waals surface area contributed by atoms with Gasteiger partial charge in [-0.2, -0.15) is 0 Å². The number of anilines is 2. The summed E-state index contributed by atoms with van der Waals surface area (Å²) in [4.78, 5) is 19.5. The third kappa shape index (κ3) is 4.83. The van der Waals surface area contributed by atoms with Gasteiger partial charge >= 0.3 is 0 Å². The van der Waals surface area contributed by atoms with Gasteiger partial charge in [-0.1, -0.05) is 17.7 Å². The van der Waals surface area contributed by atoms with Crippen LogP contribution in [0, 0.1) is 18.6 Å². The van der Waals surface area contributed by atoms with Crippen molar-refractivity contribution in [2.24, 2.45) is 0 Å². The molecule has 0 fully saturated rings. The lowest BCUT2D eigenvalue weighted by Crippen LogP contribution is -2.24. The smallest absolute Gasteiger partial charge is 0.229 e. The standard InChI is InChI=1S/C27H29F2N7/c1-16(2)36-17(3)32-26-21(28)12-20(13-23(26)36)25-22(29)15-31-27(34-25)33-24-6-5-19(14-30-24)11-18-7-9-35(4)10-8-18/h5-7,12-16H,8-11H2,1-4H3,(H,30,31,33,34). The van der Waals surface area contributed by atoms with Crippen LogP contribution < -0.4 is 5.32 Å². The maximum Gasteiger partial charge on any atom is 0.229 e. The molecule has 9 heteroatoms. The molecule has 0 bridgehead atoms. The molecule has 0 amide bonds. The van der Waals surface area contributed by atoms with E-state index < -0.39 is 11.6 Å². The molecule has 0 atom stereocenters. The van der Waals surface area contributed by atoms with Crippen molar-refractivity contribution in [2.75, 3.05) is 25.5 Å². The number of fused-ring (bicyclic) bond motifs is 1. The van der Waals surface area contributed by atoms with Crippen molar-refractivity contribution >= 4 is 22.8 Å². The molecule has 0 unspecified atom stereocenters. The van der Waals surface area contributed by atoms with Crippen LogP contribution >= 0.6 is 0 Å². The van der Waals surface area contributed by atoms with Gasteiger partial charge in [-0.05, 0) is 64.4 Å². The Morgan fingerprint density at radius 2 is 1.89 bits per heavy atom. The van der Waals surface area contributed by atoms with Crippen LogP contribution in [0.2, 0.25) is 0 Å². The minimum Gasteiger partial charge on any atom is -0.326 e. The number of nitrogens with one attached hydrogen (secondary N) is 1. The Morgan fingerprint density at radius 1 is 1.06 bits per heavy atom. The number of benzene rings is 1. The van der Waals surface area contributed by atoms with E-state index in [1.165, 1.54) is 11.6 Å². The zero-order valence-electron chi connectivity index (χ0n) is 20.9. The van der Waals surface area contributed by atoms with Crippen molar-refractivity contribution < 1.29 is 8.78 Å². The molecule has 0 aliphatic carbocycles. The molecule has 4 aromatic rings. The molecule has 1 aliphatic rings. The first-order valence-corrected chi connectivity index (χ1v) is 12.1. The van der Waals surface area contributed by atoms with E-state index in [-0.39, 0.29) is 23.2 Å². The maximum absolute atomic E-state index is 14.9. The van der Waals surface area contributed by atoms with Crippen LogP contribution in [0.1, 0.15) is 37.7 Å². The number of hydrogen-bond donors (Lipinski definition) is 1. The summed E-state index contributed by atoms with van der Waals surface area (Å²) < 4.78 is 31.6. The number of rotatable bonds is 6. The summed E-state index contributed by atoms with van der Waals surface area (Å²) in [6.45, 7) is 7.86. The monoisotopic (exact) mass is 489 g/mol. The lowest BCUT2D eigenvalue weighted by Gasteiger charge is -2.21. The molecule has 0 saturated heterocycles. The van der Waals surface area contributed by atoms with E-state index in [2.05, 4.69) is 43.3 Å². The Morgan fingerprint density at radius 3 is 2.58 bits per heavy atom. The Labute approximate surface area is 208 Å². The lowest BCUT2D eigenvalue weighted by atomic mass is 10.0. The minimum atomic E-state index is -0.638. The van der Waals surface area contributed by atoms with Gasteiger partial charge in [-0.25, -0.2) is 28.7 Å². The van der Waals surface area contributed by atoms with Crippen LogP contribution in [0.25, 0.3) is 22.3 Å². The van der Waals surface area contributed by atoms with Crippen molar-refractivity contribution in [2.45, 2.75) is 39.7 Å². The van der Waals surface area contributed by atoms with Crippen molar-refractivity contribution in [3.63, 3.8) is 0 Å². The van der Waals surface area contributed by atoms with Crippen molar-refractivity contribution in [1.29, 1.82) is 0 Å². The number of aryl methyl sites for hydroxylation is 1. The SMILES string of the molecule is Cc1nc2c(F)cc(-c3nc(Nc4ccc(CC5=CCN(C)CC5)cn4)ncc3F)cc2n1C(C)C. The number of hydrogen-bond acceptors (Lipinski definition) is 6. The van der Waals surface area contributed by atoms with Gasteiger partial charge in [-0.15, -0.1) is 0 Å². The molecule has 1 aliphatic heterocycles. The van der Waals surface area contributed by atoms with E-state index in [4.69, 9.17) is 0 Å². The van der Waals surface area contributed by atoms with Crippen LogP contribution in [0.15, 0.2) is 48.3 Å². The Balaban J connectivity index is 1.39. The van der Waals surface area contributed by atoms with Gasteiger partial charge < -0.3 is 14.8 Å². The number of imidazole rings is 1. The van der Waals surface area contributed by atoms with Gasteiger partial charge in [-0.3, -0.25) is 0 Å². The number of likely N-dealkylation sites (N-methyl/N-ethyl adjacent to an activating group) is 1. The molecule has 7 nitrogen and oxygen atoms in total. The highest BCUT2D eigenvalue weighted by atomic mass is 19.1. The van der Waals surface area contributed by atoms with Crippen molar-refractivity contribution in [3.8, 4) is 11.3 Å². The first kappa shape index (κ1) is 24.0. The van der Waals surface area contributed by atoms with E-state index in [9.17, 15) is 8.78 Å². The number of pyridine rings is 1. The largest absolute Gasteiger partial charge is 0.326 e. The quantitative estimate of drug-likeness (QED) is 0.355. The molecule has 186 valence electrons. The summed E-state index contributed by atoms with van der Waals surface area (Å²) in [6, 6.07) is 6.92. The van der Waals surface area contributed by atoms with E-state index in [1.807, 2.05) is 43.7 Å². The van der Waals surface area contributed by atoms with Gasteiger partial charge in [0.15, 0.2) is 11.6 Å². The summed E-state index contributed by atoms with van der Waals surface area (Å²) >= 11 is 0. The van der Waals surface area contributed by atoms with Crippen LogP contribution in [-0.2, 0) is 6.42 Å². The Hall–Kier alpha value is -3.72. The summed E-state index contributed by atoms with van der Waals surface area (Å²) in [7, 11) is 2.12. The minimum absolute atomic E-state index is 0.00767. The highest BCUT2D eigenvalue weighted by Gasteiger charge is 2.18. The van der Waals surface area contributed by atoms with Gasteiger partial charge in [0.1, 0.15) is 22.9 Å². The number of halogens is 2. The Kier molecular flexibility index (Phi) is 6.49. The fraction of sp³-hybridized carbons (Fsp3) is 0.333. The maximum atomic E-state index is 14.9. The summed E-state index contributed by atoms with van der Waals surface area (Å²) in [5.41, 5.74) is 3.73. The van der Waals surface area contributed by atoms with Crippen molar-refractivity contribution in [1.82, 2.24) is 29.4 Å². The third-order valence-corrected chi connectivity index (χ3v) is 6.46. The second-order valence-electron chi connectivity index (χ2n) is 9.57. The lowest BCUT2D eigenvalue weighted by molar-refractivity contribution is 0.357. The molecular weight excluding hydrogens is 460 g/mol. The molecule has 3 aromatic heterocycles. The molecule has 1 aromatic carbocycles. The zero-order chi connectivity index (χ0) is 25.4. The summed E-state index contributed by atoms with van der Waals surface area (Å²) in [5, 5.41) is 3.03. The van der Waals surface area contributed by atoms with Crippen LogP contribution in [0.4, 0.5) is 20.5 Å². The van der Waals surface area contributed by atoms with E-state index >= 15 is 0 Å². The topological polar surface area (TPSA) is 71.8 Å². The zero-order valence-corrected chi connectivity index (χ0v) is 20.9. The molecule has 0 saturated carbocycles. The molecule has 0 radical (unpaired) electrons. The average molecular weight is 490 g/mol. The van der Waals surface area contributed by atoms with Crippen LogP contribution in [0.5, 0.6) is 0 Å². The van der Waals surface area contributed by atoms with Crippen LogP contribution in [0.3, 0.4) is 0 Å². The van der Waals surface area contributed by atoms with E-state index in [1.54, 1.807) is 6.07 Å².